The third-order valence-corrected chi connectivity index (χ3v) is 21.9. The molecule has 6 heterocycles. The normalized spacial score (nSPS) is 11.9. The molecule has 0 N–H and O–H groups in total. The van der Waals surface area contributed by atoms with Crippen molar-refractivity contribution in [2.24, 2.45) is 0 Å². The van der Waals surface area contributed by atoms with Gasteiger partial charge in [0.05, 0.1) is 90.9 Å². The number of benzene rings is 15. The van der Waals surface area contributed by atoms with Crippen molar-refractivity contribution in [2.75, 3.05) is 29.4 Å². The van der Waals surface area contributed by atoms with E-state index in [2.05, 4.69) is 408 Å². The summed E-state index contributed by atoms with van der Waals surface area (Å²) >= 11 is 0. The van der Waals surface area contributed by atoms with Crippen molar-refractivity contribution in [3.05, 3.63) is 454 Å². The SMILES string of the molecule is N#Cc1ccc(-c2ccccc2-c2ccccc2N2c3ccccc3N(c3ccccc3)c3ccccc32)cn1.N#Cc1cncc(-c2ccccc2-c2ccccc2N2c3ccccc3N(c3ccccc3)c3ccccc32)c1.N#Cc1ncccc1-c1ccccc1-c1ccccc1N1c2ccccc2N(c2ccccc2)c2ccccc21. The molecular weight excluding hydrogens is 1470 g/mol. The Bertz CT molecular complexity index is 6830. The van der Waals surface area contributed by atoms with Crippen LogP contribution in [0.2, 0.25) is 0 Å². The summed E-state index contributed by atoms with van der Waals surface area (Å²) in [6.07, 6.45) is 6.87. The van der Waals surface area contributed by atoms with Crippen LogP contribution in [0.4, 0.5) is 102 Å². The molecule has 3 aliphatic rings. The molecule has 3 aliphatic heterocycles. The third-order valence-electron chi connectivity index (χ3n) is 21.9. The lowest BCUT2D eigenvalue weighted by atomic mass is 9.92. The molecular formula is C108H72N12. The van der Waals surface area contributed by atoms with Gasteiger partial charge in [-0.25, -0.2) is 9.97 Å². The minimum absolute atomic E-state index is 0.408. The largest absolute Gasteiger partial charge is 0.306 e. The first-order valence-corrected chi connectivity index (χ1v) is 39.6. The quantitative estimate of drug-likeness (QED) is 0.115. The van der Waals surface area contributed by atoms with Gasteiger partial charge < -0.3 is 29.4 Å². The number of hydrogen-bond acceptors (Lipinski definition) is 12. The fraction of sp³-hybridized carbons (Fsp3) is 0. The minimum atomic E-state index is 0.408. The average molecular weight is 1540 g/mol. The monoisotopic (exact) mass is 1540 g/mol. The van der Waals surface area contributed by atoms with E-state index in [1.54, 1.807) is 24.7 Å². The molecule has 0 bridgehead atoms. The van der Waals surface area contributed by atoms with E-state index in [9.17, 15) is 15.8 Å². The molecule has 0 radical (unpaired) electrons. The van der Waals surface area contributed by atoms with Crippen LogP contribution in [0.1, 0.15) is 17.0 Å². The first kappa shape index (κ1) is 73.2. The number of nitrogens with zero attached hydrogens (tertiary/aromatic N) is 12. The van der Waals surface area contributed by atoms with Gasteiger partial charge in [-0.2, -0.15) is 15.8 Å². The summed E-state index contributed by atoms with van der Waals surface area (Å²) in [5.74, 6) is 0. The fourth-order valence-electron chi connectivity index (χ4n) is 16.7. The van der Waals surface area contributed by atoms with Gasteiger partial charge in [-0.1, -0.05) is 255 Å². The maximum absolute atomic E-state index is 9.81. The fourth-order valence-corrected chi connectivity index (χ4v) is 16.7. The third kappa shape index (κ3) is 13.7. The topological polar surface area (TPSA) is 129 Å². The smallest absolute Gasteiger partial charge is 0.148 e. The lowest BCUT2D eigenvalue weighted by Gasteiger charge is -2.41. The van der Waals surface area contributed by atoms with Gasteiger partial charge in [-0.15, -0.1) is 0 Å². The number of rotatable bonds is 12. The second kappa shape index (κ2) is 32.9. The summed E-state index contributed by atoms with van der Waals surface area (Å²) in [5.41, 5.74) is 33.5. The molecule has 0 aliphatic carbocycles. The predicted octanol–water partition coefficient (Wildman–Crippen LogP) is 28.6. The molecule has 564 valence electrons. The van der Waals surface area contributed by atoms with E-state index in [0.29, 0.717) is 17.0 Å². The van der Waals surface area contributed by atoms with Gasteiger partial charge >= 0.3 is 0 Å². The van der Waals surface area contributed by atoms with Gasteiger partial charge in [0.2, 0.25) is 0 Å². The molecule has 0 fully saturated rings. The standard InChI is InChI=1S/3C36H24N4/c37-25-31-29(18-12-24-38-31)27-15-4-5-16-28(27)30-17-6-7-19-32(30)40-35-22-10-8-20-33(35)39(26-13-2-1-3-14-26)34-21-9-11-23-36(34)40;37-23-26-22-27(25-38-24-26)29-14-4-5-15-30(29)31-16-6-7-17-32(31)40-35-20-10-8-18-33(35)39(28-12-2-1-3-13-28)34-19-9-11-21-36(34)40;37-24-27-23-22-26(25-38-27)29-14-4-5-15-30(29)31-16-6-7-17-32(31)40-35-20-10-8-18-33(35)39(28-12-2-1-3-13-28)34-19-9-11-21-36(34)40/h1-24H;1-22,24-25H;1-23,25H. The number of anilines is 18. The van der Waals surface area contributed by atoms with Gasteiger partial charge in [0.1, 0.15) is 29.6 Å². The van der Waals surface area contributed by atoms with E-state index in [1.807, 2.05) is 66.9 Å². The predicted molar refractivity (Wildman–Crippen MR) is 488 cm³/mol. The molecule has 12 heteroatoms. The molecule has 3 aromatic heterocycles. The minimum Gasteiger partial charge on any atom is -0.306 e. The molecule has 15 aromatic carbocycles. The Kier molecular flexibility index (Phi) is 20.0. The van der Waals surface area contributed by atoms with E-state index in [0.717, 1.165) is 169 Å². The maximum Gasteiger partial charge on any atom is 0.148 e. The lowest BCUT2D eigenvalue weighted by Crippen LogP contribution is -2.24. The highest BCUT2D eigenvalue weighted by Crippen LogP contribution is 2.60. The van der Waals surface area contributed by atoms with Gasteiger partial charge in [-0.05, 0) is 191 Å². The summed E-state index contributed by atoms with van der Waals surface area (Å²) in [6.45, 7) is 0. The molecule has 120 heavy (non-hydrogen) atoms. The Hall–Kier alpha value is -17.0. The first-order valence-electron chi connectivity index (χ1n) is 39.6. The van der Waals surface area contributed by atoms with Gasteiger partial charge in [0.25, 0.3) is 0 Å². The highest BCUT2D eigenvalue weighted by molar-refractivity contribution is 6.09. The summed E-state index contributed by atoms with van der Waals surface area (Å²) in [6, 6.07) is 149. The molecule has 0 atom stereocenters. The van der Waals surface area contributed by atoms with Crippen LogP contribution in [-0.4, -0.2) is 15.0 Å². The van der Waals surface area contributed by atoms with Crippen molar-refractivity contribution in [3.8, 4) is 85.0 Å². The number of para-hydroxylation sites is 18. The molecule has 0 saturated heterocycles. The maximum atomic E-state index is 9.81. The Balaban J connectivity index is 0.000000119. The van der Waals surface area contributed by atoms with Gasteiger partial charge in [-0.3, -0.25) is 4.98 Å². The van der Waals surface area contributed by atoms with Crippen LogP contribution in [0.25, 0.3) is 66.8 Å². The van der Waals surface area contributed by atoms with Gasteiger partial charge in [0.15, 0.2) is 0 Å². The molecule has 0 unspecified atom stereocenters. The number of pyridine rings is 3. The zero-order chi connectivity index (χ0) is 80.7. The van der Waals surface area contributed by atoms with Crippen LogP contribution in [0, 0.1) is 34.0 Å². The molecule has 0 saturated carbocycles. The van der Waals surface area contributed by atoms with Crippen LogP contribution in [0.5, 0.6) is 0 Å². The van der Waals surface area contributed by atoms with Crippen LogP contribution in [-0.2, 0) is 0 Å². The summed E-state index contributed by atoms with van der Waals surface area (Å²) in [5, 5.41) is 28.6. The number of hydrogen-bond donors (Lipinski definition) is 0. The average Bonchev–Trinajstić information content (AvgIpc) is 0.738. The van der Waals surface area contributed by atoms with Crippen molar-refractivity contribution in [1.82, 2.24) is 15.0 Å². The van der Waals surface area contributed by atoms with E-state index >= 15 is 0 Å². The summed E-state index contributed by atoms with van der Waals surface area (Å²) < 4.78 is 0. The van der Waals surface area contributed by atoms with Crippen LogP contribution in [0.15, 0.2) is 437 Å². The molecule has 0 spiro atoms. The number of fused-ring (bicyclic) bond motifs is 6. The van der Waals surface area contributed by atoms with E-state index in [-0.39, 0.29) is 0 Å². The van der Waals surface area contributed by atoms with Crippen LogP contribution >= 0.6 is 0 Å². The summed E-state index contributed by atoms with van der Waals surface area (Å²) in [4.78, 5) is 27.1. The lowest BCUT2D eigenvalue weighted by molar-refractivity contribution is 1.17. The van der Waals surface area contributed by atoms with Crippen molar-refractivity contribution in [2.45, 2.75) is 0 Å². The Morgan fingerprint density at radius 1 is 0.192 bits per heavy atom. The zero-order valence-corrected chi connectivity index (χ0v) is 64.9. The molecule has 18 aromatic rings. The van der Waals surface area contributed by atoms with Crippen molar-refractivity contribution < 1.29 is 0 Å². The highest BCUT2D eigenvalue weighted by Gasteiger charge is 2.36. The van der Waals surface area contributed by atoms with Crippen molar-refractivity contribution >= 4 is 102 Å². The van der Waals surface area contributed by atoms with Crippen molar-refractivity contribution in [1.29, 1.82) is 15.8 Å². The highest BCUT2D eigenvalue weighted by atomic mass is 15.3. The van der Waals surface area contributed by atoms with Gasteiger partial charge in [0, 0.05) is 75.2 Å². The zero-order valence-electron chi connectivity index (χ0n) is 64.9. The molecule has 12 nitrogen and oxygen atoms in total. The van der Waals surface area contributed by atoms with E-state index < -0.39 is 0 Å². The Labute approximate surface area is 697 Å². The van der Waals surface area contributed by atoms with Crippen LogP contribution < -0.4 is 29.4 Å². The Morgan fingerprint density at radius 3 is 0.783 bits per heavy atom. The number of aromatic nitrogens is 3. The first-order chi connectivity index (χ1) is 59.5. The second-order valence-corrected chi connectivity index (χ2v) is 28.8. The van der Waals surface area contributed by atoms with E-state index in [1.165, 1.54) is 0 Å². The number of nitriles is 3. The summed E-state index contributed by atoms with van der Waals surface area (Å²) in [7, 11) is 0. The van der Waals surface area contributed by atoms with Crippen molar-refractivity contribution in [3.63, 3.8) is 0 Å². The van der Waals surface area contributed by atoms with E-state index in [4.69, 9.17) is 0 Å². The van der Waals surface area contributed by atoms with Crippen LogP contribution in [0.3, 0.4) is 0 Å². The molecule has 0 amide bonds. The second-order valence-electron chi connectivity index (χ2n) is 28.8. The molecule has 21 rings (SSSR count). The Morgan fingerprint density at radius 2 is 0.467 bits per heavy atom.